The Morgan fingerprint density at radius 2 is 1.79 bits per heavy atom. The normalized spacial score (nSPS) is 24.0. The average molecular weight is 625 g/mol. The zero-order valence-electron chi connectivity index (χ0n) is 24.0. The molecular weight excluding hydrogens is 588 g/mol. The highest BCUT2D eigenvalue weighted by molar-refractivity contribution is 7.89. The van der Waals surface area contributed by atoms with Gasteiger partial charge < -0.3 is 20.0 Å². The van der Waals surface area contributed by atoms with Crippen LogP contribution in [0, 0.1) is 5.92 Å². The summed E-state index contributed by atoms with van der Waals surface area (Å²) in [5, 5.41) is 20.2. The van der Waals surface area contributed by atoms with Gasteiger partial charge in [0.1, 0.15) is 15.6 Å². The number of carbonyl (C=O) groups excluding carboxylic acids is 1. The quantitative estimate of drug-likeness (QED) is 0.394. The van der Waals surface area contributed by atoms with Crippen molar-refractivity contribution in [1.29, 1.82) is 0 Å². The molecule has 12 heteroatoms. The number of sulfonamides is 1. The Hall–Kier alpha value is -3.32. The van der Waals surface area contributed by atoms with E-state index in [1.165, 1.54) is 16.6 Å². The summed E-state index contributed by atoms with van der Waals surface area (Å²) in [6.07, 6.45) is 6.23. The van der Waals surface area contributed by atoms with Crippen LogP contribution in [-0.2, 0) is 14.8 Å². The summed E-state index contributed by atoms with van der Waals surface area (Å²) < 4.78 is 29.0. The van der Waals surface area contributed by atoms with E-state index >= 15 is 0 Å². The number of anilines is 2. The number of pyridine rings is 1. The van der Waals surface area contributed by atoms with Gasteiger partial charge in [-0.2, -0.15) is 4.31 Å². The topological polar surface area (TPSA) is 131 Å². The molecule has 0 spiro atoms. The molecule has 3 aromatic rings. The number of hydrogen-bond donors (Lipinski definition) is 2. The van der Waals surface area contributed by atoms with Crippen LogP contribution < -0.4 is 9.80 Å². The van der Waals surface area contributed by atoms with Gasteiger partial charge >= 0.3 is 5.97 Å². The molecule has 1 unspecified atom stereocenters. The van der Waals surface area contributed by atoms with Crippen molar-refractivity contribution < 1.29 is 28.2 Å². The minimum absolute atomic E-state index is 0.000384. The fraction of sp³-hybridized carbons (Fsp3) is 0.452. The number of piperazine rings is 1. The van der Waals surface area contributed by atoms with E-state index in [0.717, 1.165) is 53.9 Å². The molecular formula is C31H36N4O6S2. The number of aliphatic hydroxyl groups is 1. The third-order valence-electron chi connectivity index (χ3n) is 8.93. The molecule has 2 saturated heterocycles. The van der Waals surface area contributed by atoms with Gasteiger partial charge in [-0.1, -0.05) is 49.6 Å². The number of β-amino-alcohol motifs (C(OH)–C–C–N with tert-alkyl or cyclic N) is 1. The lowest BCUT2D eigenvalue weighted by molar-refractivity contribution is -0.121. The number of nitrogens with zero attached hydrogens (tertiary/aromatic N) is 4. The van der Waals surface area contributed by atoms with Gasteiger partial charge in [0, 0.05) is 30.2 Å². The first-order valence-corrected chi connectivity index (χ1v) is 17.0. The Morgan fingerprint density at radius 3 is 2.42 bits per heavy atom. The number of benzene rings is 1. The molecule has 43 heavy (non-hydrogen) atoms. The Balaban J connectivity index is 1.32. The predicted octanol–water partition coefficient (Wildman–Crippen LogP) is 4.45. The lowest BCUT2D eigenvalue weighted by Gasteiger charge is -2.44. The summed E-state index contributed by atoms with van der Waals surface area (Å²) in [5.74, 6) is -0.911. The lowest BCUT2D eigenvalue weighted by Crippen LogP contribution is -2.60. The fourth-order valence-electron chi connectivity index (χ4n) is 6.77. The number of thiophene rings is 1. The van der Waals surface area contributed by atoms with E-state index in [1.54, 1.807) is 17.0 Å². The van der Waals surface area contributed by atoms with Crippen LogP contribution in [0.2, 0.25) is 0 Å². The summed E-state index contributed by atoms with van der Waals surface area (Å²) in [6, 6.07) is 14.0. The van der Waals surface area contributed by atoms with E-state index in [1.807, 2.05) is 42.2 Å². The number of carboxylic acid groups (broad SMARTS) is 1. The van der Waals surface area contributed by atoms with Crippen LogP contribution in [0.5, 0.6) is 0 Å². The number of hydrogen-bond acceptors (Lipinski definition) is 8. The van der Waals surface area contributed by atoms with Crippen LogP contribution in [0.15, 0.2) is 59.6 Å². The van der Waals surface area contributed by atoms with Crippen molar-refractivity contribution in [2.24, 2.45) is 5.92 Å². The molecule has 3 atom stereocenters. The summed E-state index contributed by atoms with van der Waals surface area (Å²) >= 11 is 1.13. The van der Waals surface area contributed by atoms with E-state index < -0.39 is 40.6 Å². The van der Waals surface area contributed by atoms with Crippen molar-refractivity contribution in [2.75, 3.05) is 29.4 Å². The fourth-order valence-corrected chi connectivity index (χ4v) is 9.11. The van der Waals surface area contributed by atoms with E-state index in [-0.39, 0.29) is 28.3 Å². The summed E-state index contributed by atoms with van der Waals surface area (Å²) in [6.45, 7) is 2.11. The average Bonchev–Trinajstić information content (AvgIpc) is 3.60. The van der Waals surface area contributed by atoms with E-state index in [4.69, 9.17) is 0 Å². The Kier molecular flexibility index (Phi) is 8.29. The predicted molar refractivity (Wildman–Crippen MR) is 165 cm³/mol. The minimum atomic E-state index is -4.06. The van der Waals surface area contributed by atoms with Gasteiger partial charge in [0.15, 0.2) is 0 Å². The SMILES string of the molecule is C[C@@H]1C[C@@H](O)CN1c1ccc(S(=O)(=O)N2CC(=O)N(c3cc(-c4ccccc4)sc3C(=O)O)C(C3CCCCC3)C2)cn1. The number of amides is 1. The molecule has 4 heterocycles. The number of aliphatic hydroxyl groups excluding tert-OH is 1. The van der Waals surface area contributed by atoms with Gasteiger partial charge in [0.25, 0.3) is 0 Å². The molecule has 3 aliphatic rings. The second-order valence-electron chi connectivity index (χ2n) is 11.8. The van der Waals surface area contributed by atoms with Crippen LogP contribution in [0.1, 0.15) is 55.1 Å². The monoisotopic (exact) mass is 624 g/mol. The van der Waals surface area contributed by atoms with Crippen molar-refractivity contribution in [3.63, 3.8) is 0 Å². The second-order valence-corrected chi connectivity index (χ2v) is 14.8. The number of rotatable bonds is 7. The maximum absolute atomic E-state index is 13.9. The molecule has 1 amide bonds. The largest absolute Gasteiger partial charge is 0.477 e. The number of carbonyl (C=O) groups is 2. The highest BCUT2D eigenvalue weighted by atomic mass is 32.2. The van der Waals surface area contributed by atoms with Crippen molar-refractivity contribution in [3.05, 3.63) is 59.6 Å². The van der Waals surface area contributed by atoms with Gasteiger partial charge in [-0.25, -0.2) is 18.2 Å². The van der Waals surface area contributed by atoms with E-state index in [9.17, 15) is 28.2 Å². The van der Waals surface area contributed by atoms with Gasteiger partial charge in [0.2, 0.25) is 15.9 Å². The Morgan fingerprint density at radius 1 is 1.05 bits per heavy atom. The van der Waals surface area contributed by atoms with Gasteiger partial charge in [-0.05, 0) is 55.9 Å². The lowest BCUT2D eigenvalue weighted by atomic mass is 9.82. The highest BCUT2D eigenvalue weighted by Crippen LogP contribution is 2.42. The van der Waals surface area contributed by atoms with E-state index in [0.29, 0.717) is 24.5 Å². The second kappa shape index (κ2) is 12.0. The van der Waals surface area contributed by atoms with Gasteiger partial charge in [-0.15, -0.1) is 11.3 Å². The van der Waals surface area contributed by atoms with Crippen molar-refractivity contribution in [3.8, 4) is 10.4 Å². The molecule has 2 N–H and O–H groups in total. The molecule has 3 fully saturated rings. The van der Waals surface area contributed by atoms with Crippen LogP contribution in [0.25, 0.3) is 10.4 Å². The zero-order valence-corrected chi connectivity index (χ0v) is 25.6. The van der Waals surface area contributed by atoms with Crippen molar-refractivity contribution in [1.82, 2.24) is 9.29 Å². The molecule has 1 aliphatic carbocycles. The smallest absolute Gasteiger partial charge is 0.348 e. The molecule has 2 aliphatic heterocycles. The molecule has 0 radical (unpaired) electrons. The van der Waals surface area contributed by atoms with Crippen molar-refractivity contribution >= 4 is 44.7 Å². The van der Waals surface area contributed by atoms with Crippen molar-refractivity contribution in [2.45, 2.75) is 68.5 Å². The third kappa shape index (κ3) is 5.81. The molecule has 6 rings (SSSR count). The van der Waals surface area contributed by atoms with Crippen LogP contribution in [0.4, 0.5) is 11.5 Å². The first-order valence-electron chi connectivity index (χ1n) is 14.8. The minimum Gasteiger partial charge on any atom is -0.477 e. The summed E-state index contributed by atoms with van der Waals surface area (Å²) in [5.41, 5.74) is 1.19. The number of carboxylic acids is 1. The first kappa shape index (κ1) is 29.7. The van der Waals surface area contributed by atoms with Gasteiger partial charge in [-0.3, -0.25) is 4.79 Å². The van der Waals surface area contributed by atoms with Crippen LogP contribution in [0.3, 0.4) is 0 Å². The molecule has 1 aromatic carbocycles. The van der Waals surface area contributed by atoms with Crippen LogP contribution >= 0.6 is 11.3 Å². The molecule has 228 valence electrons. The molecule has 2 aromatic heterocycles. The first-order chi connectivity index (χ1) is 20.6. The third-order valence-corrected chi connectivity index (χ3v) is 11.9. The summed E-state index contributed by atoms with van der Waals surface area (Å²) in [7, 11) is -4.06. The molecule has 10 nitrogen and oxygen atoms in total. The highest BCUT2D eigenvalue weighted by Gasteiger charge is 2.44. The number of aromatic nitrogens is 1. The maximum atomic E-state index is 13.9. The van der Waals surface area contributed by atoms with E-state index in [2.05, 4.69) is 4.98 Å². The standard InChI is InChI=1S/C31H36N4O6S2/c1-20-14-23(36)17-34(20)28-13-12-24(16-32-28)43(40,41)33-18-26(21-8-4-2-5-9-21)35(29(37)19-33)25-15-27(42-30(25)31(38)39)22-10-6-3-7-11-22/h3,6-7,10-13,15-16,20-21,23,26,36H,2,4-5,8-9,14,17-19H2,1H3,(H,38,39)/t20-,23-,26?/m1/s1. The van der Waals surface area contributed by atoms with Gasteiger partial charge in [0.05, 0.1) is 24.4 Å². The summed E-state index contributed by atoms with van der Waals surface area (Å²) in [4.78, 5) is 35.1. The number of aromatic carboxylic acids is 1. The molecule has 0 bridgehead atoms. The zero-order chi connectivity index (χ0) is 30.3. The van der Waals surface area contributed by atoms with Crippen LogP contribution in [-0.4, -0.2) is 77.6 Å². The molecule has 1 saturated carbocycles. The maximum Gasteiger partial charge on any atom is 0.348 e. The Labute approximate surface area is 255 Å². The Bertz CT molecular complexity index is 1590.